The Morgan fingerprint density at radius 1 is 1.22 bits per heavy atom. The smallest absolute Gasteiger partial charge is 0.257 e. The van der Waals surface area contributed by atoms with Gasteiger partial charge in [0.2, 0.25) is 5.88 Å². The molecule has 0 aromatic carbocycles. The van der Waals surface area contributed by atoms with Gasteiger partial charge in [-0.25, -0.2) is 9.97 Å². The number of ether oxygens (including phenoxy) is 2. The van der Waals surface area contributed by atoms with Crippen molar-refractivity contribution in [2.24, 2.45) is 0 Å². The molecule has 0 spiro atoms. The van der Waals surface area contributed by atoms with Gasteiger partial charge in [-0.1, -0.05) is 6.07 Å². The van der Waals surface area contributed by atoms with E-state index in [2.05, 4.69) is 20.2 Å². The van der Waals surface area contributed by atoms with Crippen molar-refractivity contribution in [2.75, 3.05) is 31.2 Å². The van der Waals surface area contributed by atoms with Crippen molar-refractivity contribution >= 4 is 11.7 Å². The van der Waals surface area contributed by atoms with Crippen LogP contribution in [0.15, 0.2) is 36.7 Å². The molecule has 0 bridgehead atoms. The Labute approximate surface area is 158 Å². The summed E-state index contributed by atoms with van der Waals surface area (Å²) < 4.78 is 11.2. The monoisotopic (exact) mass is 368 g/mol. The predicted octanol–water partition coefficient (Wildman–Crippen LogP) is 2.17. The number of carbonyl (C=O) groups is 1. The Bertz CT molecular complexity index is 786. The molecule has 4 rings (SSSR count). The van der Waals surface area contributed by atoms with Crippen LogP contribution in [-0.2, 0) is 11.3 Å². The second-order valence-corrected chi connectivity index (χ2v) is 6.82. The number of hydrogen-bond acceptors (Lipinski definition) is 6. The van der Waals surface area contributed by atoms with Crippen LogP contribution < -0.4 is 15.0 Å². The Morgan fingerprint density at radius 3 is 2.85 bits per heavy atom. The lowest BCUT2D eigenvalue weighted by Gasteiger charge is -2.20. The minimum absolute atomic E-state index is 0.0495. The van der Waals surface area contributed by atoms with Crippen molar-refractivity contribution in [3.8, 4) is 5.88 Å². The van der Waals surface area contributed by atoms with E-state index in [0.717, 1.165) is 30.9 Å². The highest BCUT2D eigenvalue weighted by Gasteiger charge is 2.22. The molecule has 0 aliphatic carbocycles. The molecular formula is C20H24N4O3. The van der Waals surface area contributed by atoms with E-state index in [4.69, 9.17) is 9.47 Å². The van der Waals surface area contributed by atoms with E-state index in [1.165, 1.54) is 12.8 Å². The van der Waals surface area contributed by atoms with Gasteiger partial charge in [-0.05, 0) is 31.0 Å². The van der Waals surface area contributed by atoms with Crippen LogP contribution in [0.3, 0.4) is 0 Å². The molecular weight excluding hydrogens is 344 g/mol. The molecule has 2 saturated heterocycles. The van der Waals surface area contributed by atoms with Crippen molar-refractivity contribution in [1.29, 1.82) is 0 Å². The number of nitrogens with zero attached hydrogens (tertiary/aromatic N) is 3. The van der Waals surface area contributed by atoms with Crippen LogP contribution in [0.1, 0.15) is 35.2 Å². The third-order valence-electron chi connectivity index (χ3n) is 4.89. The SMILES string of the molecule is O=C(NCc1cccnc1N1CCCC1)c1cccnc1OC1CCOC1. The van der Waals surface area contributed by atoms with Gasteiger partial charge in [-0.3, -0.25) is 4.79 Å². The first kappa shape index (κ1) is 17.7. The third kappa shape index (κ3) is 4.19. The van der Waals surface area contributed by atoms with Crippen LogP contribution in [0.25, 0.3) is 0 Å². The first-order valence-electron chi connectivity index (χ1n) is 9.48. The van der Waals surface area contributed by atoms with Gasteiger partial charge in [0, 0.05) is 44.0 Å². The zero-order valence-electron chi connectivity index (χ0n) is 15.3. The number of pyridine rings is 2. The molecule has 2 aliphatic rings. The Kier molecular flexibility index (Phi) is 5.48. The molecule has 4 heterocycles. The van der Waals surface area contributed by atoms with Crippen molar-refractivity contribution in [1.82, 2.24) is 15.3 Å². The molecule has 7 nitrogen and oxygen atoms in total. The van der Waals surface area contributed by atoms with Crippen LogP contribution in [0.2, 0.25) is 0 Å². The number of carbonyl (C=O) groups excluding carboxylic acids is 1. The molecule has 2 aromatic heterocycles. The lowest BCUT2D eigenvalue weighted by Crippen LogP contribution is -2.27. The van der Waals surface area contributed by atoms with Crippen LogP contribution in [-0.4, -0.2) is 48.3 Å². The third-order valence-corrected chi connectivity index (χ3v) is 4.89. The highest BCUT2D eigenvalue weighted by atomic mass is 16.5. The van der Waals surface area contributed by atoms with Crippen LogP contribution >= 0.6 is 0 Å². The van der Waals surface area contributed by atoms with E-state index in [1.807, 2.05) is 12.1 Å². The maximum absolute atomic E-state index is 12.7. The standard InChI is InChI=1S/C20H24N4O3/c25-19(17-6-4-9-22-20(17)27-16-7-12-26-14-16)23-13-15-5-3-8-21-18(15)24-10-1-2-11-24/h3-6,8-9,16H,1-2,7,10-14H2,(H,23,25). The lowest BCUT2D eigenvalue weighted by atomic mass is 10.2. The molecule has 142 valence electrons. The second kappa shape index (κ2) is 8.35. The van der Waals surface area contributed by atoms with E-state index < -0.39 is 0 Å². The molecule has 2 aliphatic heterocycles. The fraction of sp³-hybridized carbons (Fsp3) is 0.450. The molecule has 27 heavy (non-hydrogen) atoms. The van der Waals surface area contributed by atoms with Crippen molar-refractivity contribution in [2.45, 2.75) is 31.9 Å². The molecule has 7 heteroatoms. The van der Waals surface area contributed by atoms with Crippen molar-refractivity contribution in [3.05, 3.63) is 47.8 Å². The number of rotatable bonds is 6. The van der Waals surface area contributed by atoms with Crippen LogP contribution in [0.4, 0.5) is 5.82 Å². The molecule has 0 saturated carbocycles. The predicted molar refractivity (Wildman–Crippen MR) is 101 cm³/mol. The van der Waals surface area contributed by atoms with E-state index in [-0.39, 0.29) is 12.0 Å². The average Bonchev–Trinajstić information content (AvgIpc) is 3.41. The Balaban J connectivity index is 1.44. The molecule has 2 aromatic rings. The summed E-state index contributed by atoms with van der Waals surface area (Å²) in [6, 6.07) is 7.39. The number of hydrogen-bond donors (Lipinski definition) is 1. The summed E-state index contributed by atoms with van der Waals surface area (Å²) in [5.74, 6) is 1.12. The minimum Gasteiger partial charge on any atom is -0.471 e. The Hall–Kier alpha value is -2.67. The highest BCUT2D eigenvalue weighted by molar-refractivity contribution is 5.96. The zero-order chi connectivity index (χ0) is 18.5. The minimum atomic E-state index is -0.201. The first-order valence-corrected chi connectivity index (χ1v) is 9.48. The summed E-state index contributed by atoms with van der Waals surface area (Å²) in [5, 5.41) is 2.99. The maximum Gasteiger partial charge on any atom is 0.257 e. The van der Waals surface area contributed by atoms with Gasteiger partial charge in [0.25, 0.3) is 5.91 Å². The summed E-state index contributed by atoms with van der Waals surface area (Å²) in [4.78, 5) is 23.8. The molecule has 1 amide bonds. The van der Waals surface area contributed by atoms with Gasteiger partial charge >= 0.3 is 0 Å². The van der Waals surface area contributed by atoms with Crippen LogP contribution in [0.5, 0.6) is 5.88 Å². The van der Waals surface area contributed by atoms with E-state index in [1.54, 1.807) is 24.5 Å². The van der Waals surface area contributed by atoms with E-state index >= 15 is 0 Å². The molecule has 2 fully saturated rings. The second-order valence-electron chi connectivity index (χ2n) is 6.82. The van der Waals surface area contributed by atoms with Gasteiger partial charge in [-0.2, -0.15) is 0 Å². The number of nitrogens with one attached hydrogen (secondary N) is 1. The van der Waals surface area contributed by atoms with Gasteiger partial charge in [0.05, 0.1) is 13.2 Å². The fourth-order valence-electron chi connectivity index (χ4n) is 3.47. The molecule has 1 unspecified atom stereocenters. The normalized spacial score (nSPS) is 19.3. The van der Waals surface area contributed by atoms with E-state index in [9.17, 15) is 4.79 Å². The van der Waals surface area contributed by atoms with Gasteiger partial charge in [0.15, 0.2) is 0 Å². The number of amides is 1. The zero-order valence-corrected chi connectivity index (χ0v) is 15.3. The summed E-state index contributed by atoms with van der Waals surface area (Å²) >= 11 is 0. The van der Waals surface area contributed by atoms with Gasteiger partial charge in [0.1, 0.15) is 17.5 Å². The van der Waals surface area contributed by atoms with Crippen molar-refractivity contribution < 1.29 is 14.3 Å². The first-order chi connectivity index (χ1) is 13.3. The average molecular weight is 368 g/mol. The number of anilines is 1. The quantitative estimate of drug-likeness (QED) is 0.842. The largest absolute Gasteiger partial charge is 0.471 e. The summed E-state index contributed by atoms with van der Waals surface area (Å²) in [6.45, 7) is 3.66. The fourth-order valence-corrected chi connectivity index (χ4v) is 3.47. The maximum atomic E-state index is 12.7. The summed E-state index contributed by atoms with van der Waals surface area (Å²) in [5.41, 5.74) is 1.46. The Morgan fingerprint density at radius 2 is 2.04 bits per heavy atom. The lowest BCUT2D eigenvalue weighted by molar-refractivity contribution is 0.0937. The number of aromatic nitrogens is 2. The molecule has 1 N–H and O–H groups in total. The molecule has 0 radical (unpaired) electrons. The summed E-state index contributed by atoms with van der Waals surface area (Å²) in [7, 11) is 0. The summed E-state index contributed by atoms with van der Waals surface area (Å²) in [6.07, 6.45) is 6.57. The van der Waals surface area contributed by atoms with Gasteiger partial charge in [-0.15, -0.1) is 0 Å². The van der Waals surface area contributed by atoms with Gasteiger partial charge < -0.3 is 19.7 Å². The van der Waals surface area contributed by atoms with Crippen LogP contribution in [0, 0.1) is 0 Å². The van der Waals surface area contributed by atoms with E-state index in [0.29, 0.717) is 31.2 Å². The van der Waals surface area contributed by atoms with Crippen molar-refractivity contribution in [3.63, 3.8) is 0 Å². The molecule has 1 atom stereocenters. The highest BCUT2D eigenvalue weighted by Crippen LogP contribution is 2.23. The topological polar surface area (TPSA) is 76.6 Å².